The molecular formula is C12H19N3O3. The summed E-state index contributed by atoms with van der Waals surface area (Å²) in [7, 11) is 1.85. The van der Waals surface area contributed by atoms with Crippen LogP contribution in [0.2, 0.25) is 0 Å². The van der Waals surface area contributed by atoms with Gasteiger partial charge in [-0.25, -0.2) is 0 Å². The van der Waals surface area contributed by atoms with Crippen LogP contribution in [0, 0.1) is 6.92 Å². The Morgan fingerprint density at radius 3 is 2.61 bits per heavy atom. The van der Waals surface area contributed by atoms with Crippen molar-refractivity contribution in [3.63, 3.8) is 0 Å². The lowest BCUT2D eigenvalue weighted by molar-refractivity contribution is -0.137. The van der Waals surface area contributed by atoms with Crippen LogP contribution in [0.4, 0.5) is 0 Å². The lowest BCUT2D eigenvalue weighted by atomic mass is 10.2. The predicted octanol–water partition coefficient (Wildman–Crippen LogP) is 0.990. The van der Waals surface area contributed by atoms with E-state index in [1.165, 1.54) is 0 Å². The van der Waals surface area contributed by atoms with E-state index in [0.717, 1.165) is 11.3 Å². The van der Waals surface area contributed by atoms with Crippen LogP contribution in [0.15, 0.2) is 6.20 Å². The van der Waals surface area contributed by atoms with Crippen LogP contribution in [0.5, 0.6) is 0 Å². The highest BCUT2D eigenvalue weighted by molar-refractivity contribution is 5.75. The molecule has 18 heavy (non-hydrogen) atoms. The number of carboxylic acid groups (broad SMARTS) is 1. The van der Waals surface area contributed by atoms with Gasteiger partial charge in [-0.3, -0.25) is 14.3 Å². The fourth-order valence-corrected chi connectivity index (χ4v) is 1.56. The fourth-order valence-electron chi connectivity index (χ4n) is 1.56. The van der Waals surface area contributed by atoms with Crippen molar-refractivity contribution in [3.8, 4) is 0 Å². The number of carboxylic acids is 1. The molecule has 0 aromatic carbocycles. The maximum absolute atomic E-state index is 11.5. The zero-order valence-electron chi connectivity index (χ0n) is 10.8. The molecule has 1 rings (SSSR count). The van der Waals surface area contributed by atoms with Gasteiger partial charge >= 0.3 is 5.97 Å². The number of hydrogen-bond donors (Lipinski definition) is 2. The summed E-state index contributed by atoms with van der Waals surface area (Å²) >= 11 is 0. The predicted molar refractivity (Wildman–Crippen MR) is 65.9 cm³/mol. The molecule has 0 bridgehead atoms. The molecule has 1 amide bonds. The van der Waals surface area contributed by atoms with Crippen LogP contribution in [0.25, 0.3) is 0 Å². The Morgan fingerprint density at radius 1 is 1.39 bits per heavy atom. The Hall–Kier alpha value is -1.85. The van der Waals surface area contributed by atoms with Crippen LogP contribution in [0.3, 0.4) is 0 Å². The summed E-state index contributed by atoms with van der Waals surface area (Å²) in [6.45, 7) is 2.42. The van der Waals surface area contributed by atoms with Crippen molar-refractivity contribution in [2.24, 2.45) is 7.05 Å². The van der Waals surface area contributed by atoms with Gasteiger partial charge in [0, 0.05) is 37.7 Å². The summed E-state index contributed by atoms with van der Waals surface area (Å²) in [5.41, 5.74) is 2.03. The minimum absolute atomic E-state index is 0.0522. The summed E-state index contributed by atoms with van der Waals surface area (Å²) in [6.07, 6.45) is 3.36. The second-order valence-electron chi connectivity index (χ2n) is 4.26. The number of aryl methyl sites for hydroxylation is 1. The summed E-state index contributed by atoms with van der Waals surface area (Å²) < 4.78 is 1.76. The molecule has 0 radical (unpaired) electrons. The number of aliphatic carboxylic acids is 1. The molecule has 0 fully saturated rings. The molecule has 1 aromatic heterocycles. The maximum Gasteiger partial charge on any atom is 0.303 e. The number of rotatable bonds is 7. The Morgan fingerprint density at radius 2 is 2.06 bits per heavy atom. The van der Waals surface area contributed by atoms with Crippen molar-refractivity contribution in [1.82, 2.24) is 15.1 Å². The molecule has 0 saturated heterocycles. The Balaban J connectivity index is 2.21. The van der Waals surface area contributed by atoms with E-state index in [1.54, 1.807) is 10.9 Å². The monoisotopic (exact) mass is 253 g/mol. The Kier molecular flexibility index (Phi) is 5.35. The zero-order chi connectivity index (χ0) is 13.5. The Bertz CT molecular complexity index is 426. The van der Waals surface area contributed by atoms with Crippen molar-refractivity contribution in [2.45, 2.75) is 39.2 Å². The van der Waals surface area contributed by atoms with E-state index >= 15 is 0 Å². The second kappa shape index (κ2) is 6.78. The second-order valence-corrected chi connectivity index (χ2v) is 4.26. The number of amides is 1. The number of carbonyl (C=O) groups excluding carboxylic acids is 1. The fraction of sp³-hybridized carbons (Fsp3) is 0.583. The highest BCUT2D eigenvalue weighted by atomic mass is 16.4. The molecule has 1 aromatic rings. The van der Waals surface area contributed by atoms with Crippen molar-refractivity contribution in [1.29, 1.82) is 0 Å². The highest BCUT2D eigenvalue weighted by Gasteiger charge is 2.06. The molecule has 100 valence electrons. The van der Waals surface area contributed by atoms with Gasteiger partial charge in [-0.1, -0.05) is 0 Å². The smallest absolute Gasteiger partial charge is 0.303 e. The largest absolute Gasteiger partial charge is 0.481 e. The number of hydrogen-bond acceptors (Lipinski definition) is 3. The molecule has 0 aliphatic heterocycles. The van der Waals surface area contributed by atoms with E-state index in [1.807, 2.05) is 14.0 Å². The van der Waals surface area contributed by atoms with E-state index < -0.39 is 5.97 Å². The van der Waals surface area contributed by atoms with Crippen molar-refractivity contribution in [3.05, 3.63) is 17.5 Å². The molecule has 0 atom stereocenters. The number of unbranched alkanes of at least 4 members (excludes halogenated alkanes) is 1. The summed E-state index contributed by atoms with van der Waals surface area (Å²) in [5.74, 6) is -0.870. The SMILES string of the molecule is Cc1c(CNC(=O)CCCCC(=O)O)cnn1C. The van der Waals surface area contributed by atoms with Crippen molar-refractivity contribution in [2.75, 3.05) is 0 Å². The third-order valence-corrected chi connectivity index (χ3v) is 2.86. The first-order chi connectivity index (χ1) is 8.50. The molecule has 6 heteroatoms. The molecule has 0 unspecified atom stereocenters. The average Bonchev–Trinajstić information content (AvgIpc) is 2.63. The molecule has 0 spiro atoms. The molecule has 0 aliphatic rings. The summed E-state index contributed by atoms with van der Waals surface area (Å²) in [6, 6.07) is 0. The molecule has 1 heterocycles. The third kappa shape index (κ3) is 4.57. The number of aromatic nitrogens is 2. The molecule has 2 N–H and O–H groups in total. The normalized spacial score (nSPS) is 10.3. The highest BCUT2D eigenvalue weighted by Crippen LogP contribution is 2.05. The molecule has 0 aliphatic carbocycles. The van der Waals surface area contributed by atoms with Gasteiger partial charge in [0.05, 0.1) is 6.20 Å². The first kappa shape index (κ1) is 14.2. The van der Waals surface area contributed by atoms with Gasteiger partial charge in [0.2, 0.25) is 5.91 Å². The third-order valence-electron chi connectivity index (χ3n) is 2.86. The number of nitrogens with one attached hydrogen (secondary N) is 1. The first-order valence-electron chi connectivity index (χ1n) is 5.96. The minimum Gasteiger partial charge on any atom is -0.481 e. The lowest BCUT2D eigenvalue weighted by Gasteiger charge is -2.04. The maximum atomic E-state index is 11.5. The van der Waals surface area contributed by atoms with Gasteiger partial charge in [0.1, 0.15) is 0 Å². The van der Waals surface area contributed by atoms with E-state index in [0.29, 0.717) is 25.8 Å². The molecule has 0 saturated carbocycles. The number of carbonyl (C=O) groups is 2. The van der Waals surface area contributed by atoms with E-state index in [9.17, 15) is 9.59 Å². The van der Waals surface area contributed by atoms with Crippen LogP contribution in [0.1, 0.15) is 36.9 Å². The Labute approximate surface area is 106 Å². The van der Waals surface area contributed by atoms with Crippen LogP contribution in [-0.2, 0) is 23.2 Å². The first-order valence-corrected chi connectivity index (χ1v) is 5.96. The van der Waals surface area contributed by atoms with Gasteiger partial charge in [0.25, 0.3) is 0 Å². The van der Waals surface area contributed by atoms with E-state index in [4.69, 9.17) is 5.11 Å². The van der Waals surface area contributed by atoms with Crippen LogP contribution >= 0.6 is 0 Å². The van der Waals surface area contributed by atoms with Crippen molar-refractivity contribution >= 4 is 11.9 Å². The van der Waals surface area contributed by atoms with E-state index in [2.05, 4.69) is 10.4 Å². The standard InChI is InChI=1S/C12H19N3O3/c1-9-10(8-14-15(9)2)7-13-11(16)5-3-4-6-12(17)18/h8H,3-7H2,1-2H3,(H,13,16)(H,17,18). The average molecular weight is 253 g/mol. The van der Waals surface area contributed by atoms with Gasteiger partial charge in [0.15, 0.2) is 0 Å². The molecular weight excluding hydrogens is 234 g/mol. The topological polar surface area (TPSA) is 84.2 Å². The molecule has 6 nitrogen and oxygen atoms in total. The zero-order valence-corrected chi connectivity index (χ0v) is 10.8. The summed E-state index contributed by atoms with van der Waals surface area (Å²) in [5, 5.41) is 15.3. The van der Waals surface area contributed by atoms with Crippen LogP contribution < -0.4 is 5.32 Å². The lowest BCUT2D eigenvalue weighted by Crippen LogP contribution is -2.22. The van der Waals surface area contributed by atoms with Gasteiger partial charge in [-0.05, 0) is 19.8 Å². The van der Waals surface area contributed by atoms with Gasteiger partial charge in [-0.2, -0.15) is 5.10 Å². The minimum atomic E-state index is -0.818. The summed E-state index contributed by atoms with van der Waals surface area (Å²) in [4.78, 5) is 21.8. The van der Waals surface area contributed by atoms with Gasteiger partial charge < -0.3 is 10.4 Å². The van der Waals surface area contributed by atoms with Gasteiger partial charge in [-0.15, -0.1) is 0 Å². The van der Waals surface area contributed by atoms with E-state index in [-0.39, 0.29) is 12.3 Å². The van der Waals surface area contributed by atoms with Crippen molar-refractivity contribution < 1.29 is 14.7 Å². The van der Waals surface area contributed by atoms with Crippen LogP contribution in [-0.4, -0.2) is 26.8 Å². The number of nitrogens with zero attached hydrogens (tertiary/aromatic N) is 2. The quantitative estimate of drug-likeness (QED) is 0.710.